The van der Waals surface area contributed by atoms with Crippen molar-refractivity contribution < 1.29 is 0 Å². The molecule has 34 valence electrons. The molecule has 0 N–H and O–H groups in total. The number of hydrogen-bond donors (Lipinski definition) is 0. The zero-order valence-corrected chi connectivity index (χ0v) is 5.54. The van der Waals surface area contributed by atoms with Gasteiger partial charge in [0.1, 0.15) is 0 Å². The zero-order chi connectivity index (χ0) is 4.41. The Kier molecular flexibility index (Phi) is 1.68. The monoisotopic (exact) mass is 136 g/mol. The van der Waals surface area contributed by atoms with Crippen LogP contribution in [-0.2, 0) is 0 Å². The smallest absolute Gasteiger partial charge is 0.0107 e. The van der Waals surface area contributed by atoms with Crippen molar-refractivity contribution in [3.8, 4) is 0 Å². The van der Waals surface area contributed by atoms with Gasteiger partial charge in [-0.1, -0.05) is 26.2 Å². The third-order valence-electron chi connectivity index (χ3n) is 0.390. The maximum atomic E-state index is 3.82. The fourth-order valence-electron chi connectivity index (χ4n) is 0.180. The van der Waals surface area contributed by atoms with E-state index in [0.29, 0.717) is 0 Å². The van der Waals surface area contributed by atoms with Crippen molar-refractivity contribution in [3.63, 3.8) is 0 Å². The van der Waals surface area contributed by atoms with Crippen LogP contribution in [0.5, 0.6) is 0 Å². The van der Waals surface area contributed by atoms with Crippen LogP contribution in [-0.4, -0.2) is 5.87 Å². The van der Waals surface area contributed by atoms with Gasteiger partial charge < -0.3 is 0 Å². The first-order valence-corrected chi connectivity index (χ1v) is 5.61. The molecular weight excluding hydrogens is 132 g/mol. The molecule has 3 heteroatoms. The van der Waals surface area contributed by atoms with Crippen LogP contribution in [0, 0.1) is 0 Å². The molecule has 1 unspecified atom stereocenters. The van der Waals surface area contributed by atoms with E-state index in [1.54, 1.807) is 10.8 Å². The third kappa shape index (κ3) is 1.06. The lowest BCUT2D eigenvalue weighted by atomic mass is 11.3. The summed E-state index contributed by atoms with van der Waals surface area (Å²) in [6.45, 7) is 0. The van der Waals surface area contributed by atoms with E-state index in [2.05, 4.69) is 16.7 Å². The fraction of sp³-hybridized carbons (Fsp3) is 0. The molecule has 0 saturated heterocycles. The third-order valence-corrected chi connectivity index (χ3v) is 5.21. The minimum atomic E-state index is 0.276. The van der Waals surface area contributed by atoms with Crippen molar-refractivity contribution in [2.45, 2.75) is 0 Å². The maximum absolute atomic E-state index is 3.82. The molecule has 6 heavy (non-hydrogen) atoms. The van der Waals surface area contributed by atoms with Gasteiger partial charge in [-0.25, -0.2) is 0 Å². The van der Waals surface area contributed by atoms with Crippen molar-refractivity contribution in [3.05, 3.63) is 10.8 Å². The minimum absolute atomic E-state index is 0.276. The van der Waals surface area contributed by atoms with E-state index < -0.39 is 0 Å². The molecule has 0 aromatic heterocycles. The second-order valence-electron chi connectivity index (χ2n) is 0.817. The standard InChI is InChI=1S/C3H4S3/c1-6-3-2-4-5-6/h2-3H,1H2. The van der Waals surface area contributed by atoms with Crippen molar-refractivity contribution in [1.82, 2.24) is 0 Å². The van der Waals surface area contributed by atoms with Crippen LogP contribution in [0.4, 0.5) is 0 Å². The lowest BCUT2D eigenvalue weighted by Gasteiger charge is -1.79. The normalized spacial score (nSPS) is 31.7. The molecular formula is C3H4S3. The van der Waals surface area contributed by atoms with Crippen molar-refractivity contribution in [1.29, 1.82) is 0 Å². The van der Waals surface area contributed by atoms with Crippen LogP contribution in [0.15, 0.2) is 10.8 Å². The summed E-state index contributed by atoms with van der Waals surface area (Å²) in [5.74, 6) is 3.82. The van der Waals surface area contributed by atoms with E-state index in [4.69, 9.17) is 0 Å². The summed E-state index contributed by atoms with van der Waals surface area (Å²) < 4.78 is 0. The van der Waals surface area contributed by atoms with E-state index in [-0.39, 0.29) is 9.52 Å². The summed E-state index contributed by atoms with van der Waals surface area (Å²) >= 11 is 0. The highest BCUT2D eigenvalue weighted by Crippen LogP contribution is 2.47. The number of hydrogen-bond acceptors (Lipinski definition) is 2. The van der Waals surface area contributed by atoms with Crippen molar-refractivity contribution in [2.24, 2.45) is 0 Å². The molecule has 0 nitrogen and oxygen atoms in total. The molecule has 0 spiro atoms. The molecule has 1 atom stereocenters. The van der Waals surface area contributed by atoms with Crippen LogP contribution in [0.3, 0.4) is 0 Å². The maximum Gasteiger partial charge on any atom is -0.0107 e. The first-order valence-electron chi connectivity index (χ1n) is 1.43. The van der Waals surface area contributed by atoms with Gasteiger partial charge in [0.15, 0.2) is 0 Å². The Bertz CT molecular complexity index is 94.2. The van der Waals surface area contributed by atoms with E-state index >= 15 is 0 Å². The lowest BCUT2D eigenvalue weighted by molar-refractivity contribution is 2.60. The Hall–Kier alpha value is 0.660. The van der Waals surface area contributed by atoms with Gasteiger partial charge in [0, 0.05) is 0 Å². The molecule has 0 aromatic rings. The summed E-state index contributed by atoms with van der Waals surface area (Å²) in [5.41, 5.74) is 0. The summed E-state index contributed by atoms with van der Waals surface area (Å²) in [4.78, 5) is 0. The van der Waals surface area contributed by atoms with E-state index in [1.807, 2.05) is 9.83 Å². The molecule has 0 bridgehead atoms. The Balaban J connectivity index is 2.59. The molecule has 0 aromatic carbocycles. The second kappa shape index (κ2) is 2.09. The predicted octanol–water partition coefficient (Wildman–Crippen LogP) is 2.47. The van der Waals surface area contributed by atoms with Crippen LogP contribution >= 0.6 is 30.1 Å². The molecule has 0 fully saturated rings. The topological polar surface area (TPSA) is 0 Å². The molecule has 0 aliphatic carbocycles. The van der Waals surface area contributed by atoms with Gasteiger partial charge in [0.05, 0.1) is 0 Å². The van der Waals surface area contributed by atoms with Gasteiger partial charge in [0.2, 0.25) is 0 Å². The molecule has 0 radical (unpaired) electrons. The Morgan fingerprint density at radius 2 is 2.50 bits per heavy atom. The minimum Gasteiger partial charge on any atom is -0.0998 e. The molecule has 1 rings (SSSR count). The second-order valence-corrected chi connectivity index (χ2v) is 5.95. The summed E-state index contributed by atoms with van der Waals surface area (Å²) in [5, 5.41) is 4.20. The lowest BCUT2D eigenvalue weighted by Crippen LogP contribution is -1.29. The van der Waals surface area contributed by atoms with Crippen molar-refractivity contribution in [2.75, 3.05) is 0 Å². The highest BCUT2D eigenvalue weighted by molar-refractivity contribution is 9.15. The Morgan fingerprint density at radius 1 is 1.67 bits per heavy atom. The molecule has 1 aliphatic rings. The highest BCUT2D eigenvalue weighted by Gasteiger charge is 1.91. The van der Waals surface area contributed by atoms with Crippen LogP contribution in [0.25, 0.3) is 0 Å². The van der Waals surface area contributed by atoms with Crippen LogP contribution in [0.2, 0.25) is 0 Å². The van der Waals surface area contributed by atoms with Gasteiger partial charge in [-0.05, 0) is 20.6 Å². The first-order chi connectivity index (χ1) is 2.89. The largest absolute Gasteiger partial charge is 0.0998 e. The van der Waals surface area contributed by atoms with E-state index in [1.165, 1.54) is 0 Å². The van der Waals surface area contributed by atoms with Gasteiger partial charge in [0.25, 0.3) is 0 Å². The average Bonchev–Trinajstić information content (AvgIpc) is 1.86. The van der Waals surface area contributed by atoms with Gasteiger partial charge in [-0.3, -0.25) is 0 Å². The van der Waals surface area contributed by atoms with Gasteiger partial charge >= 0.3 is 0 Å². The fourth-order valence-corrected chi connectivity index (χ4v) is 4.17. The Morgan fingerprint density at radius 3 is 2.67 bits per heavy atom. The first kappa shape index (κ1) is 4.81. The highest BCUT2D eigenvalue weighted by atomic mass is 33.5. The van der Waals surface area contributed by atoms with Crippen molar-refractivity contribution >= 4 is 36.0 Å². The van der Waals surface area contributed by atoms with Gasteiger partial charge in [-0.15, -0.1) is 0 Å². The summed E-state index contributed by atoms with van der Waals surface area (Å²) in [6, 6.07) is 0. The Labute approximate surface area is 47.1 Å². The van der Waals surface area contributed by atoms with Crippen LogP contribution < -0.4 is 0 Å². The quantitative estimate of drug-likeness (QED) is 0.370. The molecule has 1 heterocycles. The van der Waals surface area contributed by atoms with Crippen LogP contribution in [0.1, 0.15) is 0 Å². The molecule has 1 aliphatic heterocycles. The van der Waals surface area contributed by atoms with E-state index in [9.17, 15) is 0 Å². The zero-order valence-electron chi connectivity index (χ0n) is 3.09. The average molecular weight is 136 g/mol. The van der Waals surface area contributed by atoms with E-state index in [0.717, 1.165) is 0 Å². The molecule has 0 saturated carbocycles. The SMILES string of the molecule is C=S1C=CSS1. The number of rotatable bonds is 0. The molecule has 0 amide bonds. The predicted molar refractivity (Wildman–Crippen MR) is 39.0 cm³/mol. The van der Waals surface area contributed by atoms with Gasteiger partial charge in [-0.2, -0.15) is 0 Å². The summed E-state index contributed by atoms with van der Waals surface area (Å²) in [6.07, 6.45) is 0. The summed E-state index contributed by atoms with van der Waals surface area (Å²) in [7, 11) is 3.86.